The Hall–Kier alpha value is -2.42. The summed E-state index contributed by atoms with van der Waals surface area (Å²) < 4.78 is 7.67. The number of benzene rings is 1. The number of nitrogens with zero attached hydrogens (tertiary/aromatic N) is 5. The lowest BCUT2D eigenvalue weighted by Crippen LogP contribution is -2.26. The molecule has 2 aliphatic rings. The van der Waals surface area contributed by atoms with Crippen LogP contribution in [0.5, 0.6) is 5.75 Å². The predicted octanol–water partition coefficient (Wildman–Crippen LogP) is 3.71. The molecule has 3 heterocycles. The van der Waals surface area contributed by atoms with Crippen molar-refractivity contribution in [1.29, 1.82) is 0 Å². The number of halogens is 1. The van der Waals surface area contributed by atoms with E-state index in [1.54, 1.807) is 7.11 Å². The van der Waals surface area contributed by atoms with E-state index >= 15 is 0 Å². The SMILES string of the molecule is COc1cc2c(cc1Nc1ncc3cnn([C@H]4CCC[C@H](CO)C4)c3n1)CN(C)CC2.Cl. The third-order valence-electron chi connectivity index (χ3n) is 6.66. The molecule has 0 unspecified atom stereocenters. The van der Waals surface area contributed by atoms with Gasteiger partial charge in [-0.3, -0.25) is 0 Å². The second kappa shape index (κ2) is 9.60. The molecule has 0 radical (unpaired) electrons. The molecule has 8 nitrogen and oxygen atoms in total. The van der Waals surface area contributed by atoms with E-state index in [1.165, 1.54) is 11.1 Å². The first kappa shape index (κ1) is 22.8. The molecule has 0 amide bonds. The Morgan fingerprint density at radius 3 is 2.91 bits per heavy atom. The Bertz CT molecular complexity index is 1090. The molecule has 32 heavy (non-hydrogen) atoms. The fourth-order valence-corrected chi connectivity index (χ4v) is 4.93. The van der Waals surface area contributed by atoms with Crippen LogP contribution in [0.1, 0.15) is 42.9 Å². The maximum atomic E-state index is 9.60. The first-order chi connectivity index (χ1) is 15.1. The molecular formula is C23H31ClN6O2. The number of methoxy groups -OCH3 is 1. The molecule has 3 aromatic rings. The Morgan fingerprint density at radius 1 is 1.22 bits per heavy atom. The lowest BCUT2D eigenvalue weighted by Gasteiger charge is -2.28. The van der Waals surface area contributed by atoms with Crippen molar-refractivity contribution in [2.24, 2.45) is 5.92 Å². The van der Waals surface area contributed by atoms with Crippen molar-refractivity contribution in [3.8, 4) is 5.75 Å². The average Bonchev–Trinajstić information content (AvgIpc) is 3.22. The highest BCUT2D eigenvalue weighted by molar-refractivity contribution is 5.85. The molecule has 5 rings (SSSR count). The Balaban J connectivity index is 0.00000245. The summed E-state index contributed by atoms with van der Waals surface area (Å²) in [4.78, 5) is 11.6. The first-order valence-electron chi connectivity index (χ1n) is 11.1. The fourth-order valence-electron chi connectivity index (χ4n) is 4.93. The smallest absolute Gasteiger partial charge is 0.229 e. The van der Waals surface area contributed by atoms with Crippen molar-refractivity contribution in [3.05, 3.63) is 35.7 Å². The Kier molecular flexibility index (Phi) is 6.83. The minimum atomic E-state index is 0. The molecule has 0 bridgehead atoms. The van der Waals surface area contributed by atoms with E-state index in [0.29, 0.717) is 11.9 Å². The number of ether oxygens (including phenoxy) is 1. The van der Waals surface area contributed by atoms with Gasteiger partial charge in [-0.15, -0.1) is 12.4 Å². The molecule has 0 spiro atoms. The Morgan fingerprint density at radius 2 is 2.09 bits per heavy atom. The van der Waals surface area contributed by atoms with Crippen LogP contribution in [-0.2, 0) is 13.0 Å². The second-order valence-corrected chi connectivity index (χ2v) is 8.86. The molecule has 172 valence electrons. The van der Waals surface area contributed by atoms with E-state index in [1.807, 2.05) is 17.1 Å². The molecule has 1 aliphatic carbocycles. The van der Waals surface area contributed by atoms with Crippen molar-refractivity contribution >= 4 is 35.1 Å². The standard InChI is InChI=1S/C23H30N6O2.ClH/c1-28-7-6-16-10-21(31-2)20(9-17(16)13-28)26-23-24-11-18-12-25-29(22(18)27-23)19-5-3-4-15(8-19)14-30;/h9-12,15,19,30H,3-8,13-14H2,1-2H3,(H,24,26,27);1H/t15-,19-;/m0./s1. The number of nitrogens with one attached hydrogen (secondary N) is 1. The average molecular weight is 459 g/mol. The molecule has 1 saturated carbocycles. The van der Waals surface area contributed by atoms with E-state index in [-0.39, 0.29) is 25.1 Å². The molecule has 2 aromatic heterocycles. The van der Waals surface area contributed by atoms with E-state index in [4.69, 9.17) is 9.72 Å². The largest absolute Gasteiger partial charge is 0.495 e. The third kappa shape index (κ3) is 4.40. The number of aliphatic hydroxyl groups is 1. The van der Waals surface area contributed by atoms with Crippen LogP contribution in [0.25, 0.3) is 11.0 Å². The molecule has 1 aromatic carbocycles. The van der Waals surface area contributed by atoms with Crippen LogP contribution in [0.2, 0.25) is 0 Å². The molecule has 1 fully saturated rings. The summed E-state index contributed by atoms with van der Waals surface area (Å²) >= 11 is 0. The number of fused-ring (bicyclic) bond motifs is 2. The third-order valence-corrected chi connectivity index (χ3v) is 6.66. The van der Waals surface area contributed by atoms with Crippen LogP contribution in [0.3, 0.4) is 0 Å². The lowest BCUT2D eigenvalue weighted by atomic mass is 9.86. The van der Waals surface area contributed by atoms with Crippen LogP contribution in [0, 0.1) is 5.92 Å². The van der Waals surface area contributed by atoms with E-state index in [2.05, 4.69) is 39.5 Å². The van der Waals surface area contributed by atoms with Crippen LogP contribution in [0.4, 0.5) is 11.6 Å². The number of rotatable bonds is 5. The first-order valence-corrected chi connectivity index (χ1v) is 11.1. The number of aromatic nitrogens is 4. The van der Waals surface area contributed by atoms with Crippen molar-refractivity contribution in [2.75, 3.05) is 32.6 Å². The van der Waals surface area contributed by atoms with Crippen molar-refractivity contribution < 1.29 is 9.84 Å². The minimum Gasteiger partial charge on any atom is -0.495 e. The van der Waals surface area contributed by atoms with Gasteiger partial charge < -0.3 is 20.1 Å². The topological polar surface area (TPSA) is 88.3 Å². The monoisotopic (exact) mass is 458 g/mol. The summed E-state index contributed by atoms with van der Waals surface area (Å²) in [6, 6.07) is 4.55. The van der Waals surface area contributed by atoms with Gasteiger partial charge in [-0.05, 0) is 61.9 Å². The quantitative estimate of drug-likeness (QED) is 0.602. The highest BCUT2D eigenvalue weighted by Crippen LogP contribution is 2.35. The summed E-state index contributed by atoms with van der Waals surface area (Å²) in [7, 11) is 3.84. The van der Waals surface area contributed by atoms with Gasteiger partial charge in [0.2, 0.25) is 5.95 Å². The van der Waals surface area contributed by atoms with Crippen LogP contribution in [-0.4, -0.2) is 57.1 Å². The van der Waals surface area contributed by atoms with E-state index < -0.39 is 0 Å². The molecule has 1 aliphatic heterocycles. The normalized spacial score (nSPS) is 21.1. The molecular weight excluding hydrogens is 428 g/mol. The summed E-state index contributed by atoms with van der Waals surface area (Å²) in [5.74, 6) is 1.68. The summed E-state index contributed by atoms with van der Waals surface area (Å²) in [6.07, 6.45) is 8.87. The maximum Gasteiger partial charge on any atom is 0.229 e. The van der Waals surface area contributed by atoms with Crippen molar-refractivity contribution in [3.63, 3.8) is 0 Å². The predicted molar refractivity (Wildman–Crippen MR) is 127 cm³/mol. The van der Waals surface area contributed by atoms with Crippen LogP contribution < -0.4 is 10.1 Å². The summed E-state index contributed by atoms with van der Waals surface area (Å²) in [5, 5.41) is 18.5. The number of hydrogen-bond donors (Lipinski definition) is 2. The van der Waals surface area contributed by atoms with Gasteiger partial charge in [0.15, 0.2) is 5.65 Å². The van der Waals surface area contributed by atoms with Crippen LogP contribution >= 0.6 is 12.4 Å². The fraction of sp³-hybridized carbons (Fsp3) is 0.522. The molecule has 9 heteroatoms. The van der Waals surface area contributed by atoms with E-state index in [9.17, 15) is 5.11 Å². The maximum absolute atomic E-state index is 9.60. The highest BCUT2D eigenvalue weighted by Gasteiger charge is 2.25. The van der Waals surface area contributed by atoms with Crippen molar-refractivity contribution in [1.82, 2.24) is 24.6 Å². The van der Waals surface area contributed by atoms with Crippen molar-refractivity contribution in [2.45, 2.75) is 44.7 Å². The lowest BCUT2D eigenvalue weighted by molar-refractivity contribution is 0.159. The second-order valence-electron chi connectivity index (χ2n) is 8.86. The summed E-state index contributed by atoms with van der Waals surface area (Å²) in [5.41, 5.74) is 4.35. The molecule has 2 atom stereocenters. The van der Waals surface area contributed by atoms with Gasteiger partial charge in [-0.1, -0.05) is 6.42 Å². The summed E-state index contributed by atoms with van der Waals surface area (Å²) in [6.45, 7) is 2.23. The Labute approximate surface area is 194 Å². The zero-order valence-electron chi connectivity index (χ0n) is 18.6. The highest BCUT2D eigenvalue weighted by atomic mass is 35.5. The van der Waals surface area contributed by atoms with E-state index in [0.717, 1.165) is 67.7 Å². The van der Waals surface area contributed by atoms with Crippen LogP contribution in [0.15, 0.2) is 24.5 Å². The number of anilines is 2. The van der Waals surface area contributed by atoms with Gasteiger partial charge in [-0.25, -0.2) is 9.67 Å². The molecule has 2 N–H and O–H groups in total. The minimum absolute atomic E-state index is 0. The number of aliphatic hydroxyl groups excluding tert-OH is 1. The van der Waals surface area contributed by atoms with Gasteiger partial charge in [0, 0.05) is 25.9 Å². The molecule has 0 saturated heterocycles. The zero-order chi connectivity index (χ0) is 21.4. The van der Waals surface area contributed by atoms with Gasteiger partial charge in [0.25, 0.3) is 0 Å². The van der Waals surface area contributed by atoms with Gasteiger partial charge in [0.1, 0.15) is 5.75 Å². The number of likely N-dealkylation sites (N-methyl/N-ethyl adjacent to an activating group) is 1. The number of hydrogen-bond acceptors (Lipinski definition) is 7. The zero-order valence-corrected chi connectivity index (χ0v) is 19.4. The van der Waals surface area contributed by atoms with Gasteiger partial charge in [-0.2, -0.15) is 10.1 Å². The van der Waals surface area contributed by atoms with Gasteiger partial charge >= 0.3 is 0 Å². The van der Waals surface area contributed by atoms with Gasteiger partial charge in [0.05, 0.1) is 30.4 Å².